The Bertz CT molecular complexity index is 1240. The van der Waals surface area contributed by atoms with E-state index in [1.54, 1.807) is 17.4 Å². The summed E-state index contributed by atoms with van der Waals surface area (Å²) in [7, 11) is 0. The molecular weight excluding hydrogens is 455 g/mol. The number of carbonyl (C=O) groups is 1. The minimum Gasteiger partial charge on any atom is -0.488 e. The van der Waals surface area contributed by atoms with Gasteiger partial charge in [-0.2, -0.15) is 0 Å². The summed E-state index contributed by atoms with van der Waals surface area (Å²) in [6, 6.07) is 13.1. The van der Waals surface area contributed by atoms with Crippen molar-refractivity contribution in [1.29, 1.82) is 0 Å². The summed E-state index contributed by atoms with van der Waals surface area (Å²) in [5.74, 6) is -0.659. The van der Waals surface area contributed by atoms with E-state index in [0.717, 1.165) is 33.3 Å². The standard InChI is InChI=1S/C26H25FN2O4S/c1-16-25(18-5-3-2-4-6-18)28-24(34-16)15-32-20-10-22(27)21-9-17(14-33-23(21)11-20)12-29-8-7-19(13-29)26(30)31/h2-6,9-11,19H,7-8,12-15H2,1H3,(H,30,31). The van der Waals surface area contributed by atoms with E-state index in [0.29, 0.717) is 43.2 Å². The Balaban J connectivity index is 1.25. The zero-order chi connectivity index (χ0) is 23.7. The lowest BCUT2D eigenvalue weighted by Gasteiger charge is -2.23. The first-order chi connectivity index (χ1) is 16.5. The number of rotatable bonds is 7. The number of hydrogen-bond donors (Lipinski definition) is 1. The summed E-state index contributed by atoms with van der Waals surface area (Å²) in [4.78, 5) is 19.1. The number of halogens is 1. The molecule has 3 aromatic rings. The molecular formula is C26H25FN2O4S. The summed E-state index contributed by atoms with van der Waals surface area (Å²) in [5.41, 5.74) is 3.33. The van der Waals surface area contributed by atoms with Crippen molar-refractivity contribution in [2.24, 2.45) is 5.92 Å². The van der Waals surface area contributed by atoms with E-state index >= 15 is 0 Å². The number of nitrogens with zero attached hydrogens (tertiary/aromatic N) is 2. The molecule has 2 aliphatic heterocycles. The number of ether oxygens (including phenoxy) is 2. The molecule has 1 unspecified atom stereocenters. The van der Waals surface area contributed by atoms with Gasteiger partial charge < -0.3 is 14.6 Å². The van der Waals surface area contributed by atoms with E-state index in [1.807, 2.05) is 43.3 Å². The van der Waals surface area contributed by atoms with Crippen LogP contribution < -0.4 is 9.47 Å². The van der Waals surface area contributed by atoms with Gasteiger partial charge in [0.25, 0.3) is 0 Å². The molecule has 0 spiro atoms. The van der Waals surface area contributed by atoms with Crippen LogP contribution in [0.25, 0.3) is 17.3 Å². The van der Waals surface area contributed by atoms with Crippen LogP contribution in [0, 0.1) is 18.7 Å². The molecule has 8 heteroatoms. The van der Waals surface area contributed by atoms with E-state index in [-0.39, 0.29) is 12.5 Å². The monoisotopic (exact) mass is 480 g/mol. The lowest BCUT2D eigenvalue weighted by atomic mass is 10.1. The second kappa shape index (κ2) is 9.56. The fourth-order valence-corrected chi connectivity index (χ4v) is 5.27. The van der Waals surface area contributed by atoms with Crippen LogP contribution in [0.1, 0.15) is 21.9 Å². The fourth-order valence-electron chi connectivity index (χ4n) is 4.41. The Morgan fingerprint density at radius 2 is 2.15 bits per heavy atom. The van der Waals surface area contributed by atoms with Gasteiger partial charge in [-0.1, -0.05) is 30.3 Å². The highest BCUT2D eigenvalue weighted by atomic mass is 32.1. The zero-order valence-electron chi connectivity index (χ0n) is 18.8. The van der Waals surface area contributed by atoms with Crippen molar-refractivity contribution in [1.82, 2.24) is 9.88 Å². The number of carboxylic acid groups (broad SMARTS) is 1. The Hall–Kier alpha value is -3.23. The van der Waals surface area contributed by atoms with Crippen LogP contribution in [0.4, 0.5) is 4.39 Å². The molecule has 0 saturated carbocycles. The van der Waals surface area contributed by atoms with Crippen molar-refractivity contribution < 1.29 is 23.8 Å². The van der Waals surface area contributed by atoms with Gasteiger partial charge in [-0.3, -0.25) is 9.69 Å². The third-order valence-corrected chi connectivity index (χ3v) is 7.07. The number of thiazole rings is 1. The fraction of sp³-hybridized carbons (Fsp3) is 0.308. The highest BCUT2D eigenvalue weighted by Crippen LogP contribution is 2.34. The van der Waals surface area contributed by atoms with Gasteiger partial charge in [0, 0.05) is 35.7 Å². The highest BCUT2D eigenvalue weighted by molar-refractivity contribution is 7.12. The first-order valence-electron chi connectivity index (χ1n) is 11.2. The molecule has 0 aliphatic carbocycles. The largest absolute Gasteiger partial charge is 0.488 e. The SMILES string of the molecule is Cc1sc(COc2cc(F)c3c(c2)OCC(CN2CCC(C(=O)O)C2)=C3)nc1-c1ccccc1. The highest BCUT2D eigenvalue weighted by Gasteiger charge is 2.29. The molecule has 3 heterocycles. The minimum atomic E-state index is -0.760. The summed E-state index contributed by atoms with van der Waals surface area (Å²) < 4.78 is 26.6. The van der Waals surface area contributed by atoms with E-state index in [2.05, 4.69) is 4.90 Å². The lowest BCUT2D eigenvalue weighted by molar-refractivity contribution is -0.141. The Morgan fingerprint density at radius 3 is 2.91 bits per heavy atom. The summed E-state index contributed by atoms with van der Waals surface area (Å²) >= 11 is 1.57. The first kappa shape index (κ1) is 22.6. The van der Waals surface area contributed by atoms with Gasteiger partial charge in [-0.05, 0) is 31.5 Å². The van der Waals surface area contributed by atoms with E-state index < -0.39 is 11.8 Å². The quantitative estimate of drug-likeness (QED) is 0.512. The number of aliphatic carboxylic acids is 1. The smallest absolute Gasteiger partial charge is 0.307 e. The van der Waals surface area contributed by atoms with E-state index in [1.165, 1.54) is 6.07 Å². The third-order valence-electron chi connectivity index (χ3n) is 6.13. The predicted octanol–water partition coefficient (Wildman–Crippen LogP) is 5.02. The van der Waals surface area contributed by atoms with Gasteiger partial charge in [0.15, 0.2) is 0 Å². The molecule has 0 amide bonds. The van der Waals surface area contributed by atoms with E-state index in [9.17, 15) is 14.3 Å². The van der Waals surface area contributed by atoms with Crippen LogP contribution >= 0.6 is 11.3 Å². The van der Waals surface area contributed by atoms with Crippen molar-refractivity contribution in [2.45, 2.75) is 20.0 Å². The minimum absolute atomic E-state index is 0.247. The number of fused-ring (bicyclic) bond motifs is 1. The topological polar surface area (TPSA) is 71.9 Å². The second-order valence-electron chi connectivity index (χ2n) is 8.63. The molecule has 176 valence electrons. The van der Waals surface area contributed by atoms with Gasteiger partial charge >= 0.3 is 5.97 Å². The molecule has 1 atom stereocenters. The van der Waals surface area contributed by atoms with Gasteiger partial charge in [-0.15, -0.1) is 11.3 Å². The van der Waals surface area contributed by atoms with Crippen LogP contribution in [-0.4, -0.2) is 47.2 Å². The lowest BCUT2D eigenvalue weighted by Crippen LogP contribution is -2.27. The Kier molecular flexibility index (Phi) is 6.34. The summed E-state index contributed by atoms with van der Waals surface area (Å²) in [5, 5.41) is 10.0. The molecule has 1 fully saturated rings. The van der Waals surface area contributed by atoms with Crippen LogP contribution in [0.2, 0.25) is 0 Å². The normalized spacial score (nSPS) is 17.7. The van der Waals surface area contributed by atoms with Crippen molar-refractivity contribution >= 4 is 23.4 Å². The molecule has 1 aromatic heterocycles. The first-order valence-corrected chi connectivity index (χ1v) is 12.0. The second-order valence-corrected chi connectivity index (χ2v) is 9.92. The van der Waals surface area contributed by atoms with E-state index in [4.69, 9.17) is 14.5 Å². The maximum Gasteiger partial charge on any atom is 0.307 e. The van der Waals surface area contributed by atoms with Crippen molar-refractivity contribution in [2.75, 3.05) is 26.2 Å². The van der Waals surface area contributed by atoms with Crippen molar-refractivity contribution in [3.05, 3.63) is 69.3 Å². The molecule has 2 aliphatic rings. The van der Waals surface area contributed by atoms with Gasteiger partial charge in [0.1, 0.15) is 35.5 Å². The molecule has 34 heavy (non-hydrogen) atoms. The maximum atomic E-state index is 14.9. The number of aromatic nitrogens is 1. The maximum absolute atomic E-state index is 14.9. The third kappa shape index (κ3) is 4.83. The van der Waals surface area contributed by atoms with Gasteiger partial charge in [0.2, 0.25) is 0 Å². The molecule has 0 radical (unpaired) electrons. The zero-order valence-corrected chi connectivity index (χ0v) is 19.6. The number of aryl methyl sites for hydroxylation is 1. The number of carboxylic acids is 1. The average Bonchev–Trinajstić information content (AvgIpc) is 3.45. The number of likely N-dealkylation sites (tertiary alicyclic amines) is 1. The molecule has 1 N–H and O–H groups in total. The van der Waals surface area contributed by atoms with Gasteiger partial charge in [-0.25, -0.2) is 9.37 Å². The summed E-state index contributed by atoms with van der Waals surface area (Å²) in [6.45, 7) is 4.43. The van der Waals surface area contributed by atoms with Crippen LogP contribution in [0.5, 0.6) is 11.5 Å². The molecule has 1 saturated heterocycles. The van der Waals surface area contributed by atoms with Crippen LogP contribution in [-0.2, 0) is 11.4 Å². The number of benzene rings is 2. The van der Waals surface area contributed by atoms with Crippen LogP contribution in [0.3, 0.4) is 0 Å². The van der Waals surface area contributed by atoms with Crippen LogP contribution in [0.15, 0.2) is 48.0 Å². The molecule has 0 bridgehead atoms. The number of hydrogen-bond acceptors (Lipinski definition) is 6. The molecule has 2 aromatic carbocycles. The molecule has 5 rings (SSSR count). The Morgan fingerprint density at radius 1 is 1.32 bits per heavy atom. The van der Waals surface area contributed by atoms with Crippen molar-refractivity contribution in [3.8, 4) is 22.8 Å². The Labute approximate surface area is 201 Å². The average molecular weight is 481 g/mol. The molecule has 6 nitrogen and oxygen atoms in total. The van der Waals surface area contributed by atoms with Crippen molar-refractivity contribution in [3.63, 3.8) is 0 Å². The predicted molar refractivity (Wildman–Crippen MR) is 129 cm³/mol. The van der Waals surface area contributed by atoms with Gasteiger partial charge in [0.05, 0.1) is 17.2 Å². The summed E-state index contributed by atoms with van der Waals surface area (Å²) in [6.07, 6.45) is 2.45.